The van der Waals surface area contributed by atoms with E-state index in [0.717, 1.165) is 25.8 Å². The lowest BCUT2D eigenvalue weighted by Gasteiger charge is -2.24. The maximum atomic E-state index is 11.5. The second-order valence-corrected chi connectivity index (χ2v) is 6.85. The molecule has 0 saturated heterocycles. The molecule has 1 heterocycles. The van der Waals surface area contributed by atoms with Gasteiger partial charge in [-0.2, -0.15) is 5.10 Å². The molecule has 1 unspecified atom stereocenters. The highest BCUT2D eigenvalue weighted by Gasteiger charge is 2.22. The van der Waals surface area contributed by atoms with Gasteiger partial charge in [-0.15, -0.1) is 0 Å². The zero-order valence-electron chi connectivity index (χ0n) is 14.1. The van der Waals surface area contributed by atoms with E-state index in [1.54, 1.807) is 0 Å². The van der Waals surface area contributed by atoms with Crippen molar-refractivity contribution in [2.45, 2.75) is 58.1 Å². The zero-order valence-corrected chi connectivity index (χ0v) is 14.1. The van der Waals surface area contributed by atoms with Crippen LogP contribution in [0.4, 0.5) is 4.79 Å². The van der Waals surface area contributed by atoms with Gasteiger partial charge in [0.25, 0.3) is 0 Å². The van der Waals surface area contributed by atoms with E-state index in [1.807, 2.05) is 38.7 Å². The molecule has 0 radical (unpaired) electrons. The third kappa shape index (κ3) is 4.73. The van der Waals surface area contributed by atoms with Gasteiger partial charge in [0.15, 0.2) is 0 Å². The van der Waals surface area contributed by atoms with Crippen molar-refractivity contribution >= 4 is 6.09 Å². The van der Waals surface area contributed by atoms with E-state index in [9.17, 15) is 4.79 Å². The summed E-state index contributed by atoms with van der Waals surface area (Å²) in [6.07, 6.45) is 5.97. The number of alkyl carbamates (subject to hydrolysis) is 1. The Balaban J connectivity index is 1.67. The van der Waals surface area contributed by atoms with Gasteiger partial charge in [-0.3, -0.25) is 4.68 Å². The summed E-state index contributed by atoms with van der Waals surface area (Å²) in [6.45, 7) is 7.08. The number of carbonyl (C=O) groups is 1. The van der Waals surface area contributed by atoms with E-state index >= 15 is 0 Å². The molecule has 2 N–H and O–H groups in total. The predicted octanol–water partition coefficient (Wildman–Crippen LogP) is 2.30. The van der Waals surface area contributed by atoms with E-state index in [0.29, 0.717) is 12.6 Å². The van der Waals surface area contributed by atoms with Crippen molar-refractivity contribution in [2.24, 2.45) is 7.05 Å². The quantitative estimate of drug-likeness (QED) is 0.819. The molecule has 1 aromatic heterocycles. The molecule has 0 spiro atoms. The van der Waals surface area contributed by atoms with Crippen LogP contribution in [0.3, 0.4) is 0 Å². The summed E-state index contributed by atoms with van der Waals surface area (Å²) in [5.74, 6) is 0. The van der Waals surface area contributed by atoms with Gasteiger partial charge in [0, 0.05) is 30.9 Å². The number of fused-ring (bicyclic) bond motifs is 1. The lowest BCUT2D eigenvalue weighted by molar-refractivity contribution is 0.0527. The predicted molar refractivity (Wildman–Crippen MR) is 85.7 cm³/mol. The van der Waals surface area contributed by atoms with Crippen LogP contribution in [0.15, 0.2) is 6.20 Å². The minimum Gasteiger partial charge on any atom is -0.444 e. The number of hydrogen-bond donors (Lipinski definition) is 2. The van der Waals surface area contributed by atoms with Crippen molar-refractivity contribution < 1.29 is 9.53 Å². The maximum absolute atomic E-state index is 11.5. The fraction of sp³-hybridized carbons (Fsp3) is 0.750. The summed E-state index contributed by atoms with van der Waals surface area (Å²) >= 11 is 0. The summed E-state index contributed by atoms with van der Waals surface area (Å²) in [5.41, 5.74) is 2.23. The Hall–Kier alpha value is -1.56. The van der Waals surface area contributed by atoms with Gasteiger partial charge in [-0.1, -0.05) is 0 Å². The van der Waals surface area contributed by atoms with Crippen molar-refractivity contribution in [3.8, 4) is 0 Å². The third-order valence-corrected chi connectivity index (χ3v) is 3.79. The molecule has 6 heteroatoms. The Morgan fingerprint density at radius 3 is 2.95 bits per heavy atom. The van der Waals surface area contributed by atoms with Crippen LogP contribution in [-0.2, 0) is 18.2 Å². The lowest BCUT2D eigenvalue weighted by Crippen LogP contribution is -2.34. The molecule has 1 atom stereocenters. The van der Waals surface area contributed by atoms with E-state index in [-0.39, 0.29) is 6.09 Å². The summed E-state index contributed by atoms with van der Waals surface area (Å²) in [7, 11) is 2.01. The highest BCUT2D eigenvalue weighted by atomic mass is 16.6. The van der Waals surface area contributed by atoms with Gasteiger partial charge in [0.2, 0.25) is 0 Å². The van der Waals surface area contributed by atoms with Crippen LogP contribution in [0.5, 0.6) is 0 Å². The maximum Gasteiger partial charge on any atom is 0.407 e. The molecular formula is C16H28N4O2. The topological polar surface area (TPSA) is 68.2 Å². The van der Waals surface area contributed by atoms with Crippen molar-refractivity contribution in [1.29, 1.82) is 0 Å². The van der Waals surface area contributed by atoms with Crippen LogP contribution in [-0.4, -0.2) is 34.6 Å². The van der Waals surface area contributed by atoms with E-state index < -0.39 is 5.60 Å². The standard InChI is InChI=1S/C16H28N4O2/c1-16(2,3)22-15(21)18-10-6-9-17-13-7-5-8-14-12(13)11-19-20(14)4/h11,13,17H,5-10H2,1-4H3,(H,18,21). The first kappa shape index (κ1) is 16.8. The molecule has 0 fully saturated rings. The van der Waals surface area contributed by atoms with Gasteiger partial charge in [-0.25, -0.2) is 4.79 Å². The van der Waals surface area contributed by atoms with Gasteiger partial charge in [-0.05, 0) is 53.0 Å². The molecule has 2 rings (SSSR count). The minimum atomic E-state index is -0.443. The van der Waals surface area contributed by atoms with Gasteiger partial charge in [0.05, 0.1) is 6.20 Å². The molecule has 124 valence electrons. The van der Waals surface area contributed by atoms with Gasteiger partial charge < -0.3 is 15.4 Å². The van der Waals surface area contributed by atoms with Gasteiger partial charge in [0.1, 0.15) is 5.60 Å². The van der Waals surface area contributed by atoms with Crippen molar-refractivity contribution in [1.82, 2.24) is 20.4 Å². The molecular weight excluding hydrogens is 280 g/mol. The first-order chi connectivity index (χ1) is 10.4. The highest BCUT2D eigenvalue weighted by Crippen LogP contribution is 2.28. The Kier molecular flexibility index (Phi) is 5.45. The molecule has 1 amide bonds. The third-order valence-electron chi connectivity index (χ3n) is 3.79. The van der Waals surface area contributed by atoms with E-state index in [1.165, 1.54) is 17.7 Å². The average Bonchev–Trinajstić information content (AvgIpc) is 2.79. The Bertz CT molecular complexity index is 505. The largest absolute Gasteiger partial charge is 0.444 e. The molecule has 0 aliphatic heterocycles. The van der Waals surface area contributed by atoms with Crippen molar-refractivity contribution in [3.63, 3.8) is 0 Å². The molecule has 0 aromatic carbocycles. The summed E-state index contributed by atoms with van der Waals surface area (Å²) in [5, 5.41) is 10.7. The number of nitrogens with zero attached hydrogens (tertiary/aromatic N) is 2. The monoisotopic (exact) mass is 308 g/mol. The number of aromatic nitrogens is 2. The number of hydrogen-bond acceptors (Lipinski definition) is 4. The first-order valence-electron chi connectivity index (χ1n) is 8.08. The fourth-order valence-corrected chi connectivity index (χ4v) is 2.79. The molecule has 1 aromatic rings. The normalized spacial score (nSPS) is 17.9. The number of ether oxygens (including phenoxy) is 1. The summed E-state index contributed by atoms with van der Waals surface area (Å²) < 4.78 is 7.18. The number of aryl methyl sites for hydroxylation is 1. The molecule has 0 bridgehead atoms. The zero-order chi connectivity index (χ0) is 16.2. The van der Waals surface area contributed by atoms with Crippen LogP contribution < -0.4 is 10.6 Å². The fourth-order valence-electron chi connectivity index (χ4n) is 2.79. The van der Waals surface area contributed by atoms with Crippen LogP contribution >= 0.6 is 0 Å². The molecule has 22 heavy (non-hydrogen) atoms. The van der Waals surface area contributed by atoms with Crippen LogP contribution in [0.25, 0.3) is 0 Å². The summed E-state index contributed by atoms with van der Waals surface area (Å²) in [6, 6.07) is 0.388. The SMILES string of the molecule is Cn1ncc2c1CCCC2NCCCNC(=O)OC(C)(C)C. The number of nitrogens with one attached hydrogen (secondary N) is 2. The first-order valence-corrected chi connectivity index (χ1v) is 8.08. The minimum absolute atomic E-state index is 0.347. The lowest BCUT2D eigenvalue weighted by atomic mass is 9.93. The second-order valence-electron chi connectivity index (χ2n) is 6.85. The van der Waals surface area contributed by atoms with Gasteiger partial charge >= 0.3 is 6.09 Å². The number of carbonyl (C=O) groups excluding carboxylic acids is 1. The number of rotatable bonds is 5. The van der Waals surface area contributed by atoms with Crippen LogP contribution in [0.1, 0.15) is 57.3 Å². The smallest absolute Gasteiger partial charge is 0.407 e. The van der Waals surface area contributed by atoms with Crippen LogP contribution in [0, 0.1) is 0 Å². The average molecular weight is 308 g/mol. The van der Waals surface area contributed by atoms with Crippen molar-refractivity contribution in [3.05, 3.63) is 17.5 Å². The molecule has 6 nitrogen and oxygen atoms in total. The summed E-state index contributed by atoms with van der Waals surface area (Å²) in [4.78, 5) is 11.5. The van der Waals surface area contributed by atoms with E-state index in [2.05, 4.69) is 15.7 Å². The number of amides is 1. The second kappa shape index (κ2) is 7.13. The Morgan fingerprint density at radius 1 is 1.45 bits per heavy atom. The molecule has 0 saturated carbocycles. The molecule has 1 aliphatic rings. The van der Waals surface area contributed by atoms with Crippen LogP contribution in [0.2, 0.25) is 0 Å². The van der Waals surface area contributed by atoms with E-state index in [4.69, 9.17) is 4.74 Å². The Labute approximate surface area is 132 Å². The highest BCUT2D eigenvalue weighted by molar-refractivity contribution is 5.67. The van der Waals surface area contributed by atoms with Crippen molar-refractivity contribution in [2.75, 3.05) is 13.1 Å². The Morgan fingerprint density at radius 2 is 2.23 bits per heavy atom. The molecule has 1 aliphatic carbocycles.